The minimum atomic E-state index is -4.43. The zero-order valence-electron chi connectivity index (χ0n) is 21.2. The number of hydrogen-bond acceptors (Lipinski definition) is 2. The average Bonchev–Trinajstić information content (AvgIpc) is 3.20. The summed E-state index contributed by atoms with van der Waals surface area (Å²) in [4.78, 5) is 3.87. The van der Waals surface area contributed by atoms with Gasteiger partial charge in [0.25, 0.3) is 0 Å². The summed E-state index contributed by atoms with van der Waals surface area (Å²) < 4.78 is 41.8. The zero-order chi connectivity index (χ0) is 26.8. The maximum absolute atomic E-state index is 13.9. The van der Waals surface area contributed by atoms with Crippen molar-refractivity contribution in [1.82, 2.24) is 0 Å². The van der Waals surface area contributed by atoms with Gasteiger partial charge >= 0.3 is 6.18 Å². The number of nitrogens with zero attached hydrogens (tertiary/aromatic N) is 1. The van der Waals surface area contributed by atoms with Crippen LogP contribution in [0.25, 0.3) is 11.1 Å². The third-order valence-electron chi connectivity index (χ3n) is 7.90. The van der Waals surface area contributed by atoms with Crippen LogP contribution in [0.1, 0.15) is 29.2 Å². The molecular formula is C34H24F3NS. The van der Waals surface area contributed by atoms with Gasteiger partial charge in [0.15, 0.2) is 0 Å². The Bertz CT molecular complexity index is 1730. The van der Waals surface area contributed by atoms with Crippen molar-refractivity contribution in [2.75, 3.05) is 4.90 Å². The number of anilines is 3. The second kappa shape index (κ2) is 8.78. The van der Waals surface area contributed by atoms with E-state index in [9.17, 15) is 13.2 Å². The van der Waals surface area contributed by atoms with Crippen molar-refractivity contribution in [1.29, 1.82) is 0 Å². The molecule has 1 nitrogen and oxygen atoms in total. The number of alkyl halides is 3. The number of para-hydroxylation sites is 1. The van der Waals surface area contributed by atoms with Crippen LogP contribution in [0.15, 0.2) is 125 Å². The molecule has 0 aromatic heterocycles. The van der Waals surface area contributed by atoms with Crippen molar-refractivity contribution in [3.63, 3.8) is 0 Å². The van der Waals surface area contributed by atoms with Crippen molar-refractivity contribution in [3.8, 4) is 11.1 Å². The summed E-state index contributed by atoms with van der Waals surface area (Å²) in [5.41, 5.74) is 7.23. The van der Waals surface area contributed by atoms with E-state index in [-0.39, 0.29) is 5.41 Å². The molecule has 1 heterocycles. The molecule has 2 aliphatic rings. The third kappa shape index (κ3) is 3.79. The number of benzene rings is 5. The van der Waals surface area contributed by atoms with Gasteiger partial charge in [0.05, 0.1) is 22.6 Å². The molecule has 0 radical (unpaired) electrons. The molecule has 0 saturated heterocycles. The first-order valence-corrected chi connectivity index (χ1v) is 13.7. The fraction of sp³-hybridized carbons (Fsp3) is 0.118. The topological polar surface area (TPSA) is 3.24 Å². The summed E-state index contributed by atoms with van der Waals surface area (Å²) in [7, 11) is 0. The molecule has 1 unspecified atom stereocenters. The molecule has 39 heavy (non-hydrogen) atoms. The zero-order valence-corrected chi connectivity index (χ0v) is 22.0. The number of hydrogen-bond donors (Lipinski definition) is 0. The van der Waals surface area contributed by atoms with Gasteiger partial charge in [-0.3, -0.25) is 0 Å². The predicted molar refractivity (Wildman–Crippen MR) is 152 cm³/mol. The van der Waals surface area contributed by atoms with Gasteiger partial charge in [-0.15, -0.1) is 0 Å². The molecule has 192 valence electrons. The van der Waals surface area contributed by atoms with E-state index in [0.29, 0.717) is 5.69 Å². The van der Waals surface area contributed by atoms with Crippen LogP contribution in [0.4, 0.5) is 30.2 Å². The van der Waals surface area contributed by atoms with E-state index in [2.05, 4.69) is 67.6 Å². The summed E-state index contributed by atoms with van der Waals surface area (Å²) in [6.45, 7) is 2.27. The third-order valence-corrected chi connectivity index (χ3v) is 9.03. The lowest BCUT2D eigenvalue weighted by Gasteiger charge is -2.38. The quantitative estimate of drug-likeness (QED) is 0.222. The van der Waals surface area contributed by atoms with Gasteiger partial charge in [-0.25, -0.2) is 0 Å². The Hall–Kier alpha value is -3.96. The Kier molecular flexibility index (Phi) is 5.43. The number of fused-ring (bicyclic) bond motifs is 5. The standard InChI is InChI=1S/C34H24F3NS/c1-33(21-22-10-3-2-4-11-22)26-14-6-5-12-24(26)25-13-9-16-28(32(25)33)38-27-15-7-8-17-30(27)39-31-19-18-23(20-29(31)38)34(35,36)37/h2-20H,21H2,1H3. The number of halogens is 3. The second-order valence-corrected chi connectivity index (χ2v) is 11.4. The highest BCUT2D eigenvalue weighted by Crippen LogP contribution is 2.59. The molecule has 1 aliphatic heterocycles. The van der Waals surface area contributed by atoms with E-state index in [4.69, 9.17) is 0 Å². The molecule has 0 bridgehead atoms. The molecule has 1 aliphatic carbocycles. The first kappa shape index (κ1) is 24.1. The van der Waals surface area contributed by atoms with Crippen molar-refractivity contribution in [2.24, 2.45) is 0 Å². The molecular weight excluding hydrogens is 511 g/mol. The van der Waals surface area contributed by atoms with Crippen molar-refractivity contribution in [3.05, 3.63) is 138 Å². The Morgan fingerprint density at radius 2 is 1.33 bits per heavy atom. The normalized spacial score (nSPS) is 17.3. The minimum absolute atomic E-state index is 0.384. The molecule has 0 spiro atoms. The van der Waals surface area contributed by atoms with Gasteiger partial charge in [-0.05, 0) is 70.6 Å². The summed E-state index contributed by atoms with van der Waals surface area (Å²) in [5, 5.41) is 0. The SMILES string of the molecule is CC1(Cc2ccccc2)c2ccccc2-c2cccc(N3c4ccccc4Sc4ccc(C(F)(F)F)cc43)c21. The second-order valence-electron chi connectivity index (χ2n) is 10.3. The smallest absolute Gasteiger partial charge is 0.308 e. The molecule has 0 N–H and O–H groups in total. The first-order valence-electron chi connectivity index (χ1n) is 12.9. The van der Waals surface area contributed by atoms with Crippen LogP contribution < -0.4 is 4.90 Å². The monoisotopic (exact) mass is 535 g/mol. The highest BCUT2D eigenvalue weighted by atomic mass is 32.2. The summed E-state index contributed by atoms with van der Waals surface area (Å²) >= 11 is 1.51. The van der Waals surface area contributed by atoms with Crippen molar-refractivity contribution in [2.45, 2.75) is 34.7 Å². The predicted octanol–water partition coefficient (Wildman–Crippen LogP) is 10.2. The van der Waals surface area contributed by atoms with E-state index >= 15 is 0 Å². The largest absolute Gasteiger partial charge is 0.416 e. The molecule has 5 heteroatoms. The highest BCUT2D eigenvalue weighted by Gasteiger charge is 2.43. The lowest BCUT2D eigenvalue weighted by Crippen LogP contribution is -2.27. The summed E-state index contributed by atoms with van der Waals surface area (Å²) in [6, 6.07) is 37.2. The Morgan fingerprint density at radius 3 is 2.15 bits per heavy atom. The van der Waals surface area contributed by atoms with E-state index in [1.165, 1.54) is 40.6 Å². The van der Waals surface area contributed by atoms with Gasteiger partial charge in [-0.2, -0.15) is 13.2 Å². The van der Waals surface area contributed by atoms with E-state index < -0.39 is 11.7 Å². The lowest BCUT2D eigenvalue weighted by molar-refractivity contribution is -0.137. The first-order chi connectivity index (χ1) is 18.8. The van der Waals surface area contributed by atoms with Gasteiger partial charge in [0.2, 0.25) is 0 Å². The summed E-state index contributed by atoms with van der Waals surface area (Å²) in [5.74, 6) is 0. The van der Waals surface area contributed by atoms with Crippen LogP contribution >= 0.6 is 11.8 Å². The molecule has 0 saturated carbocycles. The minimum Gasteiger partial charge on any atom is -0.308 e. The molecule has 5 aromatic carbocycles. The van der Waals surface area contributed by atoms with Crippen LogP contribution in [0.5, 0.6) is 0 Å². The van der Waals surface area contributed by atoms with E-state index in [1.54, 1.807) is 6.07 Å². The maximum Gasteiger partial charge on any atom is 0.416 e. The van der Waals surface area contributed by atoms with Gasteiger partial charge in [-0.1, -0.05) is 97.5 Å². The number of rotatable bonds is 3. The molecule has 1 atom stereocenters. The van der Waals surface area contributed by atoms with Crippen LogP contribution in [-0.4, -0.2) is 0 Å². The van der Waals surface area contributed by atoms with Gasteiger partial charge in [0.1, 0.15) is 0 Å². The Balaban J connectivity index is 1.51. The summed E-state index contributed by atoms with van der Waals surface area (Å²) in [6.07, 6.45) is -3.66. The highest BCUT2D eigenvalue weighted by molar-refractivity contribution is 7.99. The molecule has 5 aromatic rings. The fourth-order valence-corrected chi connectivity index (χ4v) is 7.28. The lowest BCUT2D eigenvalue weighted by atomic mass is 9.74. The maximum atomic E-state index is 13.9. The van der Waals surface area contributed by atoms with Crippen LogP contribution in [-0.2, 0) is 18.0 Å². The molecule has 0 amide bonds. The van der Waals surface area contributed by atoms with Crippen LogP contribution in [0, 0.1) is 0 Å². The Labute approximate surface area is 229 Å². The van der Waals surface area contributed by atoms with Crippen molar-refractivity contribution < 1.29 is 13.2 Å². The average molecular weight is 536 g/mol. The van der Waals surface area contributed by atoms with Crippen LogP contribution in [0.2, 0.25) is 0 Å². The fourth-order valence-electron chi connectivity index (χ4n) is 6.24. The van der Waals surface area contributed by atoms with Crippen LogP contribution in [0.3, 0.4) is 0 Å². The molecule has 7 rings (SSSR count). The molecule has 0 fully saturated rings. The Morgan fingerprint density at radius 1 is 0.667 bits per heavy atom. The van der Waals surface area contributed by atoms with Gasteiger partial charge in [0, 0.05) is 15.2 Å². The van der Waals surface area contributed by atoms with Crippen molar-refractivity contribution >= 4 is 28.8 Å². The van der Waals surface area contributed by atoms with E-state index in [1.807, 2.05) is 41.3 Å². The van der Waals surface area contributed by atoms with Gasteiger partial charge < -0.3 is 4.90 Å². The van der Waals surface area contributed by atoms with E-state index in [0.717, 1.165) is 38.7 Å².